The van der Waals surface area contributed by atoms with E-state index in [9.17, 15) is 19.7 Å². The van der Waals surface area contributed by atoms with E-state index in [2.05, 4.69) is 0 Å². The largest absolute Gasteiger partial charge is 0.336 e. The molecule has 0 fully saturated rings. The van der Waals surface area contributed by atoms with Gasteiger partial charge in [0, 0.05) is 24.4 Å². The van der Waals surface area contributed by atoms with Gasteiger partial charge in [-0.2, -0.15) is 0 Å². The molecule has 7 heteroatoms. The molecule has 2 aliphatic rings. The van der Waals surface area contributed by atoms with Crippen LogP contribution in [-0.2, 0) is 16.0 Å². The number of para-hydroxylation sites is 1. The second-order valence-corrected chi connectivity index (χ2v) is 7.84. The first-order chi connectivity index (χ1) is 15.5. The molecule has 5 rings (SSSR count). The molecule has 0 N–H and O–H groups in total. The molecule has 0 saturated carbocycles. The lowest BCUT2D eigenvalue weighted by atomic mass is 10.0. The van der Waals surface area contributed by atoms with Crippen molar-refractivity contribution in [3.05, 3.63) is 105 Å². The molecule has 3 aromatic carbocycles. The van der Waals surface area contributed by atoms with Gasteiger partial charge in [-0.3, -0.25) is 19.7 Å². The zero-order chi connectivity index (χ0) is 22.4. The Morgan fingerprint density at radius 2 is 1.66 bits per heavy atom. The van der Waals surface area contributed by atoms with E-state index in [1.807, 2.05) is 42.2 Å². The van der Waals surface area contributed by atoms with Crippen LogP contribution in [-0.4, -0.2) is 23.3 Å². The third-order valence-corrected chi connectivity index (χ3v) is 5.84. The van der Waals surface area contributed by atoms with Crippen molar-refractivity contribution < 1.29 is 14.5 Å². The van der Waals surface area contributed by atoms with Crippen molar-refractivity contribution in [2.75, 3.05) is 16.3 Å². The van der Waals surface area contributed by atoms with Gasteiger partial charge in [-0.1, -0.05) is 30.3 Å². The third kappa shape index (κ3) is 3.06. The monoisotopic (exact) mass is 425 g/mol. The summed E-state index contributed by atoms with van der Waals surface area (Å²) in [5.74, 6) is -0.834. The van der Waals surface area contributed by atoms with Gasteiger partial charge in [0.1, 0.15) is 5.70 Å². The van der Waals surface area contributed by atoms with Crippen LogP contribution in [0.4, 0.5) is 17.1 Å². The molecule has 0 atom stereocenters. The standard InChI is InChI=1S/C25H19N3O4/c1-16-5-4-7-20(15-16)27-24(29)22(18-9-11-19(12-10-18)28(31)32)23(25(27)30)26-14-13-17-6-2-3-8-21(17)26/h2-12,15H,13-14H2,1H3. The smallest absolute Gasteiger partial charge is 0.282 e. The topological polar surface area (TPSA) is 83.8 Å². The Balaban J connectivity index is 1.68. The van der Waals surface area contributed by atoms with E-state index < -0.39 is 16.7 Å². The van der Waals surface area contributed by atoms with Crippen LogP contribution < -0.4 is 9.80 Å². The number of hydrogen-bond donors (Lipinski definition) is 0. The summed E-state index contributed by atoms with van der Waals surface area (Å²) in [5.41, 5.74) is 4.39. The quantitative estimate of drug-likeness (QED) is 0.354. The fraction of sp³-hybridized carbons (Fsp3) is 0.120. The first-order valence-corrected chi connectivity index (χ1v) is 10.3. The predicted octanol–water partition coefficient (Wildman–Crippen LogP) is 4.25. The van der Waals surface area contributed by atoms with Crippen molar-refractivity contribution in [2.24, 2.45) is 0 Å². The molecule has 158 valence electrons. The molecule has 3 aromatic rings. The number of nitro benzene ring substituents is 1. The molecule has 0 spiro atoms. The van der Waals surface area contributed by atoms with Gasteiger partial charge in [-0.15, -0.1) is 0 Å². The Morgan fingerprint density at radius 1 is 0.906 bits per heavy atom. The molecule has 2 heterocycles. The Labute approximate surface area is 184 Å². The summed E-state index contributed by atoms with van der Waals surface area (Å²) in [6, 6.07) is 20.8. The van der Waals surface area contributed by atoms with Gasteiger partial charge in [0.05, 0.1) is 16.2 Å². The number of imide groups is 1. The van der Waals surface area contributed by atoms with Crippen molar-refractivity contribution in [1.82, 2.24) is 0 Å². The molecule has 0 aliphatic carbocycles. The number of carbonyl (C=O) groups is 2. The van der Waals surface area contributed by atoms with Crippen molar-refractivity contribution in [3.63, 3.8) is 0 Å². The van der Waals surface area contributed by atoms with Gasteiger partial charge in [-0.25, -0.2) is 4.90 Å². The Hall–Kier alpha value is -4.26. The maximum atomic E-state index is 13.7. The average molecular weight is 425 g/mol. The fourth-order valence-electron chi connectivity index (χ4n) is 4.35. The number of nitro groups is 1. The molecule has 0 saturated heterocycles. The summed E-state index contributed by atoms with van der Waals surface area (Å²) in [6.07, 6.45) is 0.763. The Kier molecular flexibility index (Phi) is 4.59. The fourth-order valence-corrected chi connectivity index (χ4v) is 4.35. The van der Waals surface area contributed by atoms with Gasteiger partial charge >= 0.3 is 0 Å². The number of nitrogens with zero attached hydrogens (tertiary/aromatic N) is 3. The first kappa shape index (κ1) is 19.7. The average Bonchev–Trinajstić information content (AvgIpc) is 3.31. The lowest BCUT2D eigenvalue weighted by Crippen LogP contribution is -2.34. The van der Waals surface area contributed by atoms with Crippen molar-refractivity contribution in [2.45, 2.75) is 13.3 Å². The summed E-state index contributed by atoms with van der Waals surface area (Å²) in [4.78, 5) is 41.0. The summed E-state index contributed by atoms with van der Waals surface area (Å²) < 4.78 is 0. The normalized spacial score (nSPS) is 15.5. The second kappa shape index (κ2) is 7.46. The van der Waals surface area contributed by atoms with E-state index in [4.69, 9.17) is 0 Å². The van der Waals surface area contributed by atoms with E-state index in [0.717, 1.165) is 23.2 Å². The molecule has 0 aromatic heterocycles. The van der Waals surface area contributed by atoms with Crippen molar-refractivity contribution in [3.8, 4) is 0 Å². The number of benzene rings is 3. The minimum Gasteiger partial charge on any atom is -0.336 e. The summed E-state index contributed by atoms with van der Waals surface area (Å²) in [5, 5.41) is 11.1. The molecule has 7 nitrogen and oxygen atoms in total. The molecule has 2 aliphatic heterocycles. The summed E-state index contributed by atoms with van der Waals surface area (Å²) in [6.45, 7) is 2.47. The molecule has 2 amide bonds. The molecule has 0 radical (unpaired) electrons. The first-order valence-electron chi connectivity index (χ1n) is 10.3. The highest BCUT2D eigenvalue weighted by molar-refractivity contribution is 6.46. The van der Waals surface area contributed by atoms with Crippen LogP contribution in [0.25, 0.3) is 5.57 Å². The second-order valence-electron chi connectivity index (χ2n) is 7.84. The van der Waals surface area contributed by atoms with Crippen LogP contribution in [0.1, 0.15) is 16.7 Å². The van der Waals surface area contributed by atoms with Crippen LogP contribution >= 0.6 is 0 Å². The van der Waals surface area contributed by atoms with E-state index in [0.29, 0.717) is 23.5 Å². The number of hydrogen-bond acceptors (Lipinski definition) is 5. The minimum absolute atomic E-state index is 0.0743. The number of aryl methyl sites for hydroxylation is 1. The van der Waals surface area contributed by atoms with E-state index in [1.165, 1.54) is 29.2 Å². The van der Waals surface area contributed by atoms with Crippen LogP contribution in [0.3, 0.4) is 0 Å². The zero-order valence-electron chi connectivity index (χ0n) is 17.3. The minimum atomic E-state index is -0.490. The Morgan fingerprint density at radius 3 is 2.38 bits per heavy atom. The summed E-state index contributed by atoms with van der Waals surface area (Å²) >= 11 is 0. The number of rotatable bonds is 4. The molecular formula is C25H19N3O4. The number of fused-ring (bicyclic) bond motifs is 1. The highest BCUT2D eigenvalue weighted by Gasteiger charge is 2.44. The maximum Gasteiger partial charge on any atom is 0.282 e. The lowest BCUT2D eigenvalue weighted by molar-refractivity contribution is -0.384. The maximum absolute atomic E-state index is 13.7. The number of non-ortho nitro benzene ring substituents is 1. The van der Waals surface area contributed by atoms with Crippen LogP contribution in [0, 0.1) is 17.0 Å². The van der Waals surface area contributed by atoms with Crippen LogP contribution in [0.5, 0.6) is 0 Å². The van der Waals surface area contributed by atoms with E-state index in [-0.39, 0.29) is 11.3 Å². The number of anilines is 2. The third-order valence-electron chi connectivity index (χ3n) is 5.84. The SMILES string of the molecule is Cc1cccc(N2C(=O)C(c3ccc([N+](=O)[O-])cc3)=C(N3CCc4ccccc43)C2=O)c1. The van der Waals surface area contributed by atoms with Gasteiger partial charge < -0.3 is 4.90 Å². The van der Waals surface area contributed by atoms with Gasteiger partial charge in [0.2, 0.25) is 0 Å². The van der Waals surface area contributed by atoms with Gasteiger partial charge in [-0.05, 0) is 60.4 Å². The zero-order valence-corrected chi connectivity index (χ0v) is 17.3. The van der Waals surface area contributed by atoms with Crippen molar-refractivity contribution >= 4 is 34.4 Å². The highest BCUT2D eigenvalue weighted by atomic mass is 16.6. The van der Waals surface area contributed by atoms with Crippen LogP contribution in [0.15, 0.2) is 78.5 Å². The number of amides is 2. The molecule has 0 unspecified atom stereocenters. The summed E-state index contributed by atoms with van der Waals surface area (Å²) in [7, 11) is 0. The molecular weight excluding hydrogens is 406 g/mol. The predicted molar refractivity (Wildman–Crippen MR) is 121 cm³/mol. The molecule has 0 bridgehead atoms. The van der Waals surface area contributed by atoms with Gasteiger partial charge in [0.25, 0.3) is 17.5 Å². The lowest BCUT2D eigenvalue weighted by Gasteiger charge is -2.22. The van der Waals surface area contributed by atoms with E-state index >= 15 is 0 Å². The van der Waals surface area contributed by atoms with Crippen molar-refractivity contribution in [1.29, 1.82) is 0 Å². The van der Waals surface area contributed by atoms with E-state index in [1.54, 1.807) is 18.2 Å². The molecule has 32 heavy (non-hydrogen) atoms. The van der Waals surface area contributed by atoms with Crippen LogP contribution in [0.2, 0.25) is 0 Å². The Bertz CT molecular complexity index is 1310. The van der Waals surface area contributed by atoms with Gasteiger partial charge in [0.15, 0.2) is 0 Å². The highest BCUT2D eigenvalue weighted by Crippen LogP contribution is 2.40. The number of carbonyl (C=O) groups excluding carboxylic acids is 2.